The van der Waals surface area contributed by atoms with E-state index in [2.05, 4.69) is 22.9 Å². The van der Waals surface area contributed by atoms with Gasteiger partial charge < -0.3 is 28.7 Å². The van der Waals surface area contributed by atoms with Gasteiger partial charge in [-0.25, -0.2) is 8.42 Å². The van der Waals surface area contributed by atoms with Gasteiger partial charge in [0.2, 0.25) is 15.9 Å². The first-order valence-electron chi connectivity index (χ1n) is 16.5. The molecule has 6 rings (SSSR count). The zero-order valence-electron chi connectivity index (χ0n) is 28.3. The number of carbonyl (C=O) groups is 1. The zero-order valence-corrected chi connectivity index (χ0v) is 30.0. The molecule has 4 heterocycles. The molecule has 11 nitrogen and oxygen atoms in total. The van der Waals surface area contributed by atoms with E-state index in [9.17, 15) is 13.2 Å². The highest BCUT2D eigenvalue weighted by atomic mass is 32.2. The van der Waals surface area contributed by atoms with Crippen molar-refractivity contribution in [2.24, 2.45) is 0 Å². The molecule has 1 fully saturated rings. The minimum Gasteiger partial charge on any atom is -0.497 e. The van der Waals surface area contributed by atoms with Crippen LogP contribution < -0.4 is 9.47 Å². The Hall–Kier alpha value is -3.04. The Morgan fingerprint density at radius 1 is 1.02 bits per heavy atom. The average Bonchev–Trinajstić information content (AvgIpc) is 3.48. The van der Waals surface area contributed by atoms with Crippen molar-refractivity contribution in [2.75, 3.05) is 73.4 Å². The lowest BCUT2D eigenvalue weighted by atomic mass is 10.1. The quantitative estimate of drug-likeness (QED) is 0.262. The lowest BCUT2D eigenvalue weighted by Gasteiger charge is -2.31. The molecule has 3 aromatic rings. The van der Waals surface area contributed by atoms with E-state index in [0.29, 0.717) is 42.3 Å². The number of sulfonamides is 1. The molecule has 1 saturated heterocycles. The number of aryl methyl sites for hydroxylation is 2. The number of benzene rings is 2. The number of nitrogens with zero attached hydrogens (tertiary/aromatic N) is 4. The number of thiophene rings is 1. The summed E-state index contributed by atoms with van der Waals surface area (Å²) >= 11 is 1.87. The number of ether oxygens (including phenoxy) is 4. The molecule has 0 unspecified atom stereocenters. The fourth-order valence-corrected chi connectivity index (χ4v) is 9.63. The molecule has 260 valence electrons. The molecule has 13 heteroatoms. The molecule has 3 aliphatic heterocycles. The van der Waals surface area contributed by atoms with Crippen molar-refractivity contribution in [3.63, 3.8) is 0 Å². The number of piperazine rings is 1. The molecule has 2 aromatic carbocycles. The van der Waals surface area contributed by atoms with Crippen LogP contribution in [0.3, 0.4) is 0 Å². The largest absolute Gasteiger partial charge is 0.497 e. The van der Waals surface area contributed by atoms with Crippen LogP contribution in [-0.2, 0) is 57.0 Å². The molecule has 48 heavy (non-hydrogen) atoms. The highest BCUT2D eigenvalue weighted by Crippen LogP contribution is 2.32. The van der Waals surface area contributed by atoms with Gasteiger partial charge in [0.25, 0.3) is 0 Å². The second-order valence-corrected chi connectivity index (χ2v) is 15.9. The predicted molar refractivity (Wildman–Crippen MR) is 184 cm³/mol. The second kappa shape index (κ2) is 15.2. The van der Waals surface area contributed by atoms with Gasteiger partial charge in [0, 0.05) is 74.2 Å². The Morgan fingerprint density at radius 3 is 2.54 bits per heavy atom. The standard InChI is InChI=1S/C35H46N4O7S2/c1-25-15-30(43-4)16-26(2)35(25)48(41,42)39(19-27-5-6-28-22-45-24-46-32(28)17-27)13-14-44-23-34(40)38-8-7-33-29(20-38)18-31(47-33)21-37-11-9-36(3)10-12-37/h5-6,15-18H,7-14,19-24H2,1-4H3. The van der Waals surface area contributed by atoms with Crippen molar-refractivity contribution >= 4 is 27.3 Å². The topological polar surface area (TPSA) is 101 Å². The number of fused-ring (bicyclic) bond motifs is 2. The van der Waals surface area contributed by atoms with E-state index in [1.165, 1.54) is 19.6 Å². The van der Waals surface area contributed by atoms with E-state index in [4.69, 9.17) is 18.9 Å². The highest BCUT2D eigenvalue weighted by Gasteiger charge is 2.30. The van der Waals surface area contributed by atoms with Crippen molar-refractivity contribution in [2.45, 2.75) is 51.4 Å². The summed E-state index contributed by atoms with van der Waals surface area (Å²) in [6, 6.07) is 11.4. The molecule has 1 amide bonds. The monoisotopic (exact) mass is 698 g/mol. The SMILES string of the molecule is COc1cc(C)c(S(=O)(=O)N(CCOCC(=O)N2CCc3sc(CN4CCN(C)CC4)cc3C2)Cc2ccc3c(c2)OCOC3)c(C)c1. The molecular formula is C35H46N4O7S2. The van der Waals surface area contributed by atoms with Crippen LogP contribution in [0.4, 0.5) is 0 Å². The van der Waals surface area contributed by atoms with Crippen molar-refractivity contribution < 1.29 is 32.2 Å². The van der Waals surface area contributed by atoms with E-state index in [0.717, 1.165) is 50.3 Å². The molecule has 0 N–H and O–H groups in total. The number of hydrogen-bond acceptors (Lipinski definition) is 10. The van der Waals surface area contributed by atoms with Crippen LogP contribution in [0.2, 0.25) is 0 Å². The molecule has 0 saturated carbocycles. The first-order valence-corrected chi connectivity index (χ1v) is 18.7. The van der Waals surface area contributed by atoms with Crippen molar-refractivity contribution in [1.29, 1.82) is 0 Å². The minimum atomic E-state index is -3.94. The normalized spacial score (nSPS) is 17.2. The molecule has 0 spiro atoms. The summed E-state index contributed by atoms with van der Waals surface area (Å²) < 4.78 is 52.1. The van der Waals surface area contributed by atoms with Crippen LogP contribution in [0.25, 0.3) is 0 Å². The van der Waals surface area contributed by atoms with Crippen LogP contribution in [0.1, 0.15) is 37.6 Å². The van der Waals surface area contributed by atoms with Crippen molar-refractivity contribution in [1.82, 2.24) is 19.0 Å². The number of rotatable bonds is 12. The molecule has 0 radical (unpaired) electrons. The van der Waals surface area contributed by atoms with Gasteiger partial charge in [0.05, 0.1) is 25.2 Å². The van der Waals surface area contributed by atoms with Gasteiger partial charge in [-0.15, -0.1) is 11.3 Å². The lowest BCUT2D eigenvalue weighted by molar-refractivity contribution is -0.137. The number of likely N-dealkylation sites (N-methyl/N-ethyl adjacent to an activating group) is 1. The van der Waals surface area contributed by atoms with Gasteiger partial charge in [0.1, 0.15) is 18.1 Å². The van der Waals surface area contributed by atoms with Gasteiger partial charge in [0.15, 0.2) is 6.79 Å². The maximum Gasteiger partial charge on any atom is 0.248 e. The highest BCUT2D eigenvalue weighted by molar-refractivity contribution is 7.89. The van der Waals surface area contributed by atoms with E-state index < -0.39 is 10.0 Å². The third kappa shape index (κ3) is 8.05. The Balaban J connectivity index is 1.09. The third-order valence-electron chi connectivity index (χ3n) is 9.27. The lowest BCUT2D eigenvalue weighted by Crippen LogP contribution is -2.43. The Kier molecular flexibility index (Phi) is 11.1. The Labute approximate surface area is 288 Å². The van der Waals surface area contributed by atoms with Crippen LogP contribution in [0, 0.1) is 13.8 Å². The van der Waals surface area contributed by atoms with E-state index in [1.54, 1.807) is 33.1 Å². The molecule has 0 aliphatic carbocycles. The fraction of sp³-hybridized carbons (Fsp3) is 0.514. The summed E-state index contributed by atoms with van der Waals surface area (Å²) in [6.45, 7) is 10.9. The van der Waals surface area contributed by atoms with Crippen LogP contribution >= 0.6 is 11.3 Å². The van der Waals surface area contributed by atoms with E-state index in [-0.39, 0.29) is 43.9 Å². The van der Waals surface area contributed by atoms with Crippen LogP contribution in [0.15, 0.2) is 41.3 Å². The van der Waals surface area contributed by atoms with E-state index in [1.807, 2.05) is 34.4 Å². The van der Waals surface area contributed by atoms with Gasteiger partial charge in [-0.3, -0.25) is 9.69 Å². The van der Waals surface area contributed by atoms with Gasteiger partial charge >= 0.3 is 0 Å². The summed E-state index contributed by atoms with van der Waals surface area (Å²) in [5.74, 6) is 1.21. The van der Waals surface area contributed by atoms with Crippen LogP contribution in [-0.4, -0.2) is 107 Å². The summed E-state index contributed by atoms with van der Waals surface area (Å²) in [5, 5.41) is 0. The summed E-state index contributed by atoms with van der Waals surface area (Å²) in [7, 11) is -0.211. The third-order valence-corrected chi connectivity index (χ3v) is 12.6. The summed E-state index contributed by atoms with van der Waals surface area (Å²) in [6.07, 6.45) is 0.845. The van der Waals surface area contributed by atoms with Crippen molar-refractivity contribution in [3.05, 3.63) is 74.0 Å². The molecule has 0 bridgehead atoms. The number of methoxy groups -OCH3 is 1. The van der Waals surface area contributed by atoms with Gasteiger partial charge in [-0.05, 0) is 73.8 Å². The predicted octanol–water partition coefficient (Wildman–Crippen LogP) is 3.78. The maximum atomic E-state index is 14.2. The smallest absolute Gasteiger partial charge is 0.248 e. The molecule has 3 aliphatic rings. The van der Waals surface area contributed by atoms with Gasteiger partial charge in [-0.1, -0.05) is 12.1 Å². The summed E-state index contributed by atoms with van der Waals surface area (Å²) in [5.41, 5.74) is 4.13. The average molecular weight is 699 g/mol. The first-order chi connectivity index (χ1) is 23.1. The van der Waals surface area contributed by atoms with E-state index >= 15 is 0 Å². The van der Waals surface area contributed by atoms with Crippen LogP contribution in [0.5, 0.6) is 11.5 Å². The Morgan fingerprint density at radius 2 is 1.79 bits per heavy atom. The number of carbonyl (C=O) groups excluding carboxylic acids is 1. The summed E-state index contributed by atoms with van der Waals surface area (Å²) in [4.78, 5) is 22.9. The molecule has 1 aromatic heterocycles. The first kappa shape index (κ1) is 34.8. The molecular weight excluding hydrogens is 653 g/mol. The maximum absolute atomic E-state index is 14.2. The Bertz CT molecular complexity index is 1700. The number of hydrogen-bond donors (Lipinski definition) is 0. The molecule has 0 atom stereocenters. The zero-order chi connectivity index (χ0) is 33.8. The van der Waals surface area contributed by atoms with Gasteiger partial charge in [-0.2, -0.15) is 4.31 Å². The minimum absolute atomic E-state index is 0.0706. The fourth-order valence-electron chi connectivity index (χ4n) is 6.59. The number of amides is 1. The van der Waals surface area contributed by atoms with Crippen molar-refractivity contribution in [3.8, 4) is 11.5 Å². The second-order valence-electron chi connectivity index (χ2n) is 12.8.